The van der Waals surface area contributed by atoms with Crippen molar-refractivity contribution in [3.05, 3.63) is 17.5 Å². The minimum Gasteiger partial charge on any atom is -0.360 e. The third-order valence-corrected chi connectivity index (χ3v) is 5.04. The van der Waals surface area contributed by atoms with Crippen LogP contribution in [0.5, 0.6) is 0 Å². The second kappa shape index (κ2) is 6.07. The van der Waals surface area contributed by atoms with Crippen LogP contribution in [0.25, 0.3) is 0 Å². The van der Waals surface area contributed by atoms with Crippen LogP contribution in [0, 0.1) is 0 Å². The lowest BCUT2D eigenvalue weighted by molar-refractivity contribution is 0.219. The van der Waals surface area contributed by atoms with Gasteiger partial charge in [0.05, 0.1) is 12.2 Å². The molecule has 116 valence electrons. The predicted molar refractivity (Wildman–Crippen MR) is 80.9 cm³/mol. The molecule has 2 saturated heterocycles. The van der Waals surface area contributed by atoms with Gasteiger partial charge in [0.2, 0.25) is 0 Å². The molecule has 3 fully saturated rings. The molecular formula is C16H26N4O. The molecule has 3 heterocycles. The fraction of sp³-hybridized carbons (Fsp3) is 0.812. The highest BCUT2D eigenvalue weighted by atomic mass is 16.5. The van der Waals surface area contributed by atoms with Crippen molar-refractivity contribution >= 4 is 0 Å². The van der Waals surface area contributed by atoms with Gasteiger partial charge in [0, 0.05) is 37.8 Å². The van der Waals surface area contributed by atoms with Gasteiger partial charge in [-0.25, -0.2) is 0 Å². The SMILES string of the molecule is c1c(CNC2CC2)noc1CN1CCC(N2CCCC2)C1. The van der Waals surface area contributed by atoms with Gasteiger partial charge >= 0.3 is 0 Å². The van der Waals surface area contributed by atoms with Crippen molar-refractivity contribution in [3.63, 3.8) is 0 Å². The Hall–Kier alpha value is -0.910. The van der Waals surface area contributed by atoms with Gasteiger partial charge in [-0.3, -0.25) is 9.80 Å². The Balaban J connectivity index is 1.25. The van der Waals surface area contributed by atoms with Gasteiger partial charge in [-0.1, -0.05) is 5.16 Å². The van der Waals surface area contributed by atoms with Crippen LogP contribution in [0.15, 0.2) is 10.6 Å². The highest BCUT2D eigenvalue weighted by Gasteiger charge is 2.29. The Morgan fingerprint density at radius 2 is 2.05 bits per heavy atom. The minimum atomic E-state index is 0.727. The standard InChI is InChI=1S/C16H26N4O/c1-2-7-20(6-1)15-5-8-19(11-15)12-16-9-14(18-21-16)10-17-13-3-4-13/h9,13,15,17H,1-8,10-12H2. The molecule has 0 bridgehead atoms. The Morgan fingerprint density at radius 1 is 1.19 bits per heavy atom. The lowest BCUT2D eigenvalue weighted by atomic mass is 10.2. The number of aromatic nitrogens is 1. The molecule has 1 N–H and O–H groups in total. The number of hydrogen-bond acceptors (Lipinski definition) is 5. The van der Waals surface area contributed by atoms with Crippen molar-refractivity contribution in [2.75, 3.05) is 26.2 Å². The van der Waals surface area contributed by atoms with E-state index >= 15 is 0 Å². The maximum Gasteiger partial charge on any atom is 0.151 e. The summed E-state index contributed by atoms with van der Waals surface area (Å²) in [6.07, 6.45) is 6.71. The lowest BCUT2D eigenvalue weighted by Crippen LogP contribution is -2.35. The summed E-state index contributed by atoms with van der Waals surface area (Å²) >= 11 is 0. The van der Waals surface area contributed by atoms with Crippen LogP contribution in [-0.4, -0.2) is 53.2 Å². The summed E-state index contributed by atoms with van der Waals surface area (Å²) in [5, 5.41) is 7.66. The molecule has 2 aliphatic heterocycles. The van der Waals surface area contributed by atoms with Crippen LogP contribution in [0.1, 0.15) is 43.6 Å². The number of nitrogens with one attached hydrogen (secondary N) is 1. The van der Waals surface area contributed by atoms with Gasteiger partial charge in [0.15, 0.2) is 5.76 Å². The molecule has 4 rings (SSSR count). The zero-order chi connectivity index (χ0) is 14.1. The molecule has 5 nitrogen and oxygen atoms in total. The molecule has 0 amide bonds. The normalized spacial score (nSPS) is 27.7. The van der Waals surface area contributed by atoms with Crippen LogP contribution in [0.2, 0.25) is 0 Å². The molecule has 0 spiro atoms. The van der Waals surface area contributed by atoms with Gasteiger partial charge < -0.3 is 9.84 Å². The van der Waals surface area contributed by atoms with E-state index in [1.165, 1.54) is 58.3 Å². The summed E-state index contributed by atoms with van der Waals surface area (Å²) in [5.41, 5.74) is 1.05. The maximum atomic E-state index is 5.49. The van der Waals surface area contributed by atoms with Gasteiger partial charge in [0.25, 0.3) is 0 Å². The highest BCUT2D eigenvalue weighted by Crippen LogP contribution is 2.22. The van der Waals surface area contributed by atoms with E-state index in [0.29, 0.717) is 0 Å². The Kier molecular flexibility index (Phi) is 3.97. The first-order valence-electron chi connectivity index (χ1n) is 8.51. The number of likely N-dealkylation sites (tertiary alicyclic amines) is 2. The molecule has 1 atom stereocenters. The van der Waals surface area contributed by atoms with Crippen molar-refractivity contribution in [1.82, 2.24) is 20.3 Å². The number of nitrogens with zero attached hydrogens (tertiary/aromatic N) is 3. The smallest absolute Gasteiger partial charge is 0.151 e. The van der Waals surface area contributed by atoms with Gasteiger partial charge in [0.1, 0.15) is 0 Å². The van der Waals surface area contributed by atoms with Crippen molar-refractivity contribution in [2.24, 2.45) is 0 Å². The summed E-state index contributed by atoms with van der Waals surface area (Å²) in [6.45, 7) is 6.76. The summed E-state index contributed by atoms with van der Waals surface area (Å²) in [7, 11) is 0. The molecule has 0 aromatic carbocycles. The van der Waals surface area contributed by atoms with Crippen LogP contribution in [0.3, 0.4) is 0 Å². The second-order valence-electron chi connectivity index (χ2n) is 6.86. The molecule has 1 aliphatic carbocycles. The van der Waals surface area contributed by atoms with E-state index in [9.17, 15) is 0 Å². The number of hydrogen-bond donors (Lipinski definition) is 1. The topological polar surface area (TPSA) is 44.5 Å². The molecular weight excluding hydrogens is 264 g/mol. The van der Waals surface area contributed by atoms with Crippen LogP contribution in [0.4, 0.5) is 0 Å². The second-order valence-corrected chi connectivity index (χ2v) is 6.86. The molecule has 1 aromatic heterocycles. The first kappa shape index (κ1) is 13.7. The molecule has 1 unspecified atom stereocenters. The zero-order valence-electron chi connectivity index (χ0n) is 12.8. The van der Waals surface area contributed by atoms with Crippen molar-refractivity contribution in [1.29, 1.82) is 0 Å². The number of rotatable bonds is 6. The van der Waals surface area contributed by atoms with E-state index in [1.807, 2.05) is 0 Å². The summed E-state index contributed by atoms with van der Waals surface area (Å²) in [6, 6.07) is 3.62. The van der Waals surface area contributed by atoms with Crippen molar-refractivity contribution in [2.45, 2.75) is 57.3 Å². The minimum absolute atomic E-state index is 0.727. The van der Waals surface area contributed by atoms with Gasteiger partial charge in [-0.2, -0.15) is 0 Å². The average Bonchev–Trinajstić information content (AvgIpc) is 2.93. The monoisotopic (exact) mass is 290 g/mol. The Labute approximate surface area is 126 Å². The van der Waals surface area contributed by atoms with E-state index in [1.54, 1.807) is 0 Å². The first-order chi connectivity index (χ1) is 10.4. The fourth-order valence-corrected chi connectivity index (χ4v) is 3.63. The van der Waals surface area contributed by atoms with Crippen LogP contribution >= 0.6 is 0 Å². The van der Waals surface area contributed by atoms with Crippen LogP contribution in [-0.2, 0) is 13.1 Å². The highest BCUT2D eigenvalue weighted by molar-refractivity contribution is 5.06. The lowest BCUT2D eigenvalue weighted by Gasteiger charge is -2.23. The fourth-order valence-electron chi connectivity index (χ4n) is 3.63. The quantitative estimate of drug-likeness (QED) is 0.862. The van der Waals surface area contributed by atoms with E-state index in [-0.39, 0.29) is 0 Å². The van der Waals surface area contributed by atoms with E-state index in [0.717, 1.165) is 36.6 Å². The van der Waals surface area contributed by atoms with E-state index in [2.05, 4.69) is 26.3 Å². The first-order valence-corrected chi connectivity index (χ1v) is 8.51. The summed E-state index contributed by atoms with van der Waals surface area (Å²) in [5.74, 6) is 1.02. The van der Waals surface area contributed by atoms with E-state index < -0.39 is 0 Å². The summed E-state index contributed by atoms with van der Waals surface area (Å²) < 4.78 is 5.49. The van der Waals surface area contributed by atoms with Gasteiger partial charge in [-0.05, 0) is 45.2 Å². The molecule has 1 aromatic rings. The predicted octanol–water partition coefficient (Wildman–Crippen LogP) is 1.60. The van der Waals surface area contributed by atoms with Gasteiger partial charge in [-0.15, -0.1) is 0 Å². The van der Waals surface area contributed by atoms with Crippen molar-refractivity contribution < 1.29 is 4.52 Å². The maximum absolute atomic E-state index is 5.49. The zero-order valence-corrected chi connectivity index (χ0v) is 12.8. The summed E-state index contributed by atoms with van der Waals surface area (Å²) in [4.78, 5) is 5.19. The van der Waals surface area contributed by atoms with E-state index in [4.69, 9.17) is 4.52 Å². The molecule has 5 heteroatoms. The Morgan fingerprint density at radius 3 is 2.86 bits per heavy atom. The molecule has 3 aliphatic rings. The molecule has 1 saturated carbocycles. The Bertz CT molecular complexity index is 465. The third-order valence-electron chi connectivity index (χ3n) is 5.04. The van der Waals surface area contributed by atoms with Crippen LogP contribution < -0.4 is 5.32 Å². The van der Waals surface area contributed by atoms with Crippen molar-refractivity contribution in [3.8, 4) is 0 Å². The molecule has 21 heavy (non-hydrogen) atoms. The third kappa shape index (κ3) is 3.47. The average molecular weight is 290 g/mol. The molecule has 0 radical (unpaired) electrons. The largest absolute Gasteiger partial charge is 0.360 e.